The molecule has 0 amide bonds. The van der Waals surface area contributed by atoms with E-state index < -0.39 is 0 Å². The van der Waals surface area contributed by atoms with E-state index in [2.05, 4.69) is 22.6 Å². The molecule has 2 nitrogen and oxygen atoms in total. The van der Waals surface area contributed by atoms with Gasteiger partial charge in [0.1, 0.15) is 9.32 Å². The molecule has 0 saturated carbocycles. The van der Waals surface area contributed by atoms with Crippen molar-refractivity contribution < 1.29 is 9.84 Å². The maximum absolute atomic E-state index is 9.78. The van der Waals surface area contributed by atoms with Crippen LogP contribution >= 0.6 is 22.6 Å². The molecule has 1 aliphatic rings. The average molecular weight is 284 g/mol. The van der Waals surface area contributed by atoms with Crippen LogP contribution in [0.4, 0.5) is 0 Å². The van der Waals surface area contributed by atoms with Gasteiger partial charge in [-0.1, -0.05) is 24.3 Å². The normalized spacial score (nSPS) is 12.4. The summed E-state index contributed by atoms with van der Waals surface area (Å²) in [6.07, 6.45) is 0. The van der Waals surface area contributed by atoms with Crippen LogP contribution in [0.15, 0.2) is 24.3 Å². The Morgan fingerprint density at radius 1 is 1.08 bits per heavy atom. The van der Waals surface area contributed by atoms with Crippen LogP contribution in [0.25, 0.3) is 10.8 Å². The SMILES string of the molecule is Oc1c(I)c2c(c3ccccc13)O2. The van der Waals surface area contributed by atoms with Crippen molar-refractivity contribution in [3.63, 3.8) is 0 Å². The van der Waals surface area contributed by atoms with E-state index in [9.17, 15) is 5.11 Å². The van der Waals surface area contributed by atoms with Crippen LogP contribution in [0.3, 0.4) is 0 Å². The van der Waals surface area contributed by atoms with Gasteiger partial charge >= 0.3 is 0 Å². The summed E-state index contributed by atoms with van der Waals surface area (Å²) in [5, 5.41) is 11.6. The summed E-state index contributed by atoms with van der Waals surface area (Å²) in [6.45, 7) is 0. The molecule has 64 valence electrons. The third kappa shape index (κ3) is 0.877. The number of phenolic OH excluding ortho intramolecular Hbond substituents is 1. The van der Waals surface area contributed by atoms with Crippen LogP contribution in [0.2, 0.25) is 0 Å². The molecule has 2 aromatic rings. The zero-order chi connectivity index (χ0) is 9.00. The number of aromatic hydroxyl groups is 1. The summed E-state index contributed by atoms with van der Waals surface area (Å²) in [4.78, 5) is 0. The van der Waals surface area contributed by atoms with Gasteiger partial charge in [-0.3, -0.25) is 0 Å². The molecule has 0 saturated heterocycles. The van der Waals surface area contributed by atoms with Gasteiger partial charge in [0.15, 0.2) is 11.5 Å². The lowest BCUT2D eigenvalue weighted by molar-refractivity contribution is 0.477. The second-order valence-electron chi connectivity index (χ2n) is 2.97. The molecule has 0 aliphatic carbocycles. The highest BCUT2D eigenvalue weighted by Gasteiger charge is 2.30. The molecule has 1 aliphatic heterocycles. The molecular weight excluding hydrogens is 279 g/mol. The predicted octanol–water partition coefficient (Wildman–Crippen LogP) is 3.26. The number of hydrogen-bond acceptors (Lipinski definition) is 2. The van der Waals surface area contributed by atoms with Crippen molar-refractivity contribution in [3.05, 3.63) is 27.8 Å². The molecule has 0 bridgehead atoms. The predicted molar refractivity (Wildman–Crippen MR) is 58.4 cm³/mol. The minimum Gasteiger partial charge on any atom is -0.506 e. The standard InChI is InChI=1S/C10H5IO2/c11-7-8(12)5-3-1-2-4-6(5)9-10(7)13-9/h1-4,12H. The van der Waals surface area contributed by atoms with Gasteiger partial charge in [0.25, 0.3) is 0 Å². The van der Waals surface area contributed by atoms with Crippen molar-refractivity contribution in [1.29, 1.82) is 0 Å². The zero-order valence-corrected chi connectivity index (χ0v) is 8.70. The molecule has 2 aromatic carbocycles. The van der Waals surface area contributed by atoms with E-state index in [1.165, 1.54) is 0 Å². The Morgan fingerprint density at radius 2 is 1.77 bits per heavy atom. The number of hydrogen-bond donors (Lipinski definition) is 1. The van der Waals surface area contributed by atoms with Crippen molar-refractivity contribution >= 4 is 33.4 Å². The second kappa shape index (κ2) is 2.29. The number of halogens is 1. The minimum atomic E-state index is 0.326. The number of phenols is 1. The average Bonchev–Trinajstić information content (AvgIpc) is 2.94. The van der Waals surface area contributed by atoms with Gasteiger partial charge in [-0.15, -0.1) is 0 Å². The molecule has 0 radical (unpaired) electrons. The Kier molecular flexibility index (Phi) is 1.31. The van der Waals surface area contributed by atoms with E-state index in [0.717, 1.165) is 25.8 Å². The molecule has 3 rings (SSSR count). The Morgan fingerprint density at radius 3 is 2.54 bits per heavy atom. The number of ether oxygens (including phenoxy) is 1. The van der Waals surface area contributed by atoms with Gasteiger partial charge in [0, 0.05) is 10.8 Å². The molecule has 0 spiro atoms. The van der Waals surface area contributed by atoms with Crippen molar-refractivity contribution in [3.8, 4) is 17.2 Å². The van der Waals surface area contributed by atoms with E-state index in [1.807, 2.05) is 24.3 Å². The molecule has 1 N–H and O–H groups in total. The summed E-state index contributed by atoms with van der Waals surface area (Å²) < 4.78 is 6.11. The van der Waals surface area contributed by atoms with Crippen LogP contribution in [0.1, 0.15) is 0 Å². The second-order valence-corrected chi connectivity index (χ2v) is 4.05. The van der Waals surface area contributed by atoms with Crippen LogP contribution in [-0.4, -0.2) is 5.11 Å². The first kappa shape index (κ1) is 7.44. The van der Waals surface area contributed by atoms with Gasteiger partial charge in [-0.05, 0) is 22.6 Å². The van der Waals surface area contributed by atoms with Crippen LogP contribution in [0.5, 0.6) is 17.2 Å². The van der Waals surface area contributed by atoms with Crippen molar-refractivity contribution in [2.45, 2.75) is 0 Å². The Balaban J connectivity index is 2.57. The molecule has 3 heteroatoms. The minimum absolute atomic E-state index is 0.326. The number of fused-ring (bicyclic) bond motifs is 3. The molecule has 0 unspecified atom stereocenters. The summed E-state index contributed by atoms with van der Waals surface area (Å²) in [6, 6.07) is 7.70. The molecular formula is C10H5IO2. The Labute approximate surface area is 88.3 Å². The van der Waals surface area contributed by atoms with E-state index in [4.69, 9.17) is 4.74 Å². The van der Waals surface area contributed by atoms with E-state index in [-0.39, 0.29) is 0 Å². The van der Waals surface area contributed by atoms with E-state index >= 15 is 0 Å². The third-order valence-electron chi connectivity index (χ3n) is 2.20. The van der Waals surface area contributed by atoms with Gasteiger partial charge in [0.2, 0.25) is 0 Å². The smallest absolute Gasteiger partial charge is 0.187 e. The molecule has 0 aromatic heterocycles. The summed E-state index contributed by atoms with van der Waals surface area (Å²) in [5.74, 6) is 2.07. The molecule has 1 heterocycles. The fraction of sp³-hybridized carbons (Fsp3) is 0. The lowest BCUT2D eigenvalue weighted by Crippen LogP contribution is -1.72. The van der Waals surface area contributed by atoms with Gasteiger partial charge < -0.3 is 9.84 Å². The highest BCUT2D eigenvalue weighted by atomic mass is 127. The van der Waals surface area contributed by atoms with Crippen LogP contribution in [-0.2, 0) is 0 Å². The third-order valence-corrected chi connectivity index (χ3v) is 3.20. The lowest BCUT2D eigenvalue weighted by Gasteiger charge is -1.97. The monoisotopic (exact) mass is 284 g/mol. The maximum atomic E-state index is 9.78. The maximum Gasteiger partial charge on any atom is 0.187 e. The first-order valence-electron chi connectivity index (χ1n) is 3.90. The fourth-order valence-electron chi connectivity index (χ4n) is 1.51. The quantitative estimate of drug-likeness (QED) is 0.507. The van der Waals surface area contributed by atoms with Crippen molar-refractivity contribution in [1.82, 2.24) is 0 Å². The van der Waals surface area contributed by atoms with Crippen molar-refractivity contribution in [2.24, 2.45) is 0 Å². The van der Waals surface area contributed by atoms with Gasteiger partial charge in [-0.25, -0.2) is 0 Å². The van der Waals surface area contributed by atoms with Crippen LogP contribution in [0, 0.1) is 3.57 Å². The summed E-state index contributed by atoms with van der Waals surface area (Å²) in [7, 11) is 0. The first-order chi connectivity index (χ1) is 6.29. The first-order valence-corrected chi connectivity index (χ1v) is 4.98. The van der Waals surface area contributed by atoms with Gasteiger partial charge in [-0.2, -0.15) is 0 Å². The van der Waals surface area contributed by atoms with Gasteiger partial charge in [0.05, 0.1) is 0 Å². The van der Waals surface area contributed by atoms with Crippen LogP contribution < -0.4 is 4.74 Å². The molecule has 13 heavy (non-hydrogen) atoms. The lowest BCUT2D eigenvalue weighted by atomic mass is 10.1. The fourth-order valence-corrected chi connectivity index (χ4v) is 2.16. The van der Waals surface area contributed by atoms with E-state index in [1.54, 1.807) is 0 Å². The Bertz CT molecular complexity index is 520. The topological polar surface area (TPSA) is 32.8 Å². The highest BCUT2D eigenvalue weighted by molar-refractivity contribution is 14.1. The largest absolute Gasteiger partial charge is 0.506 e. The molecule has 0 atom stereocenters. The number of rotatable bonds is 0. The van der Waals surface area contributed by atoms with E-state index in [0.29, 0.717) is 5.75 Å². The zero-order valence-electron chi connectivity index (χ0n) is 6.54. The molecule has 0 fully saturated rings. The summed E-state index contributed by atoms with van der Waals surface area (Å²) in [5.41, 5.74) is 0. The summed E-state index contributed by atoms with van der Waals surface area (Å²) >= 11 is 2.09. The highest BCUT2D eigenvalue weighted by Crippen LogP contribution is 2.57. The van der Waals surface area contributed by atoms with Crippen molar-refractivity contribution in [2.75, 3.05) is 0 Å². The number of benzene rings is 2. The Hall–Kier alpha value is -0.970.